The van der Waals surface area contributed by atoms with Crippen LogP contribution < -0.4 is 5.32 Å². The van der Waals surface area contributed by atoms with Crippen molar-refractivity contribution in [1.29, 1.82) is 0 Å². The lowest BCUT2D eigenvalue weighted by molar-refractivity contribution is 0.0681. The number of rotatable bonds is 3. The van der Waals surface area contributed by atoms with E-state index < -0.39 is 46.3 Å². The predicted molar refractivity (Wildman–Crippen MR) is 63.0 cm³/mol. The topological polar surface area (TPSA) is 66.4 Å². The summed E-state index contributed by atoms with van der Waals surface area (Å²) < 4.78 is 53.4. The zero-order chi connectivity index (χ0) is 15.7. The summed E-state index contributed by atoms with van der Waals surface area (Å²) in [6.07, 6.45) is 2.85. The molecule has 0 saturated heterocycles. The van der Waals surface area contributed by atoms with Crippen LogP contribution in [0.4, 0.5) is 17.6 Å². The molecule has 1 fully saturated rings. The monoisotopic (exact) mass is 305 g/mol. The predicted octanol–water partition coefficient (Wildman–Crippen LogP) is 2.61. The third-order valence-corrected chi connectivity index (χ3v) is 3.40. The standard InChI is InChI=1S/C13H11F4NO3/c14-8-6(12(19)18-5-3-1-2-4-5)7(13(20)21)9(15)11(17)10(8)16/h5H,1-4H2,(H,18,19)(H,20,21). The molecule has 1 aliphatic rings. The number of carbonyl (C=O) groups excluding carboxylic acids is 1. The van der Waals surface area contributed by atoms with Crippen LogP contribution in [0.2, 0.25) is 0 Å². The van der Waals surface area contributed by atoms with Crippen LogP contribution in [0.25, 0.3) is 0 Å². The number of carboxylic acids is 1. The fourth-order valence-electron chi connectivity index (χ4n) is 2.37. The van der Waals surface area contributed by atoms with E-state index in [1.54, 1.807) is 0 Å². The molecule has 4 nitrogen and oxygen atoms in total. The molecule has 1 aliphatic carbocycles. The van der Waals surface area contributed by atoms with Gasteiger partial charge in [0.25, 0.3) is 5.91 Å². The number of carbonyl (C=O) groups is 2. The summed E-state index contributed by atoms with van der Waals surface area (Å²) in [7, 11) is 0. The molecule has 0 aromatic heterocycles. The number of hydrogen-bond donors (Lipinski definition) is 2. The van der Waals surface area contributed by atoms with Crippen molar-refractivity contribution in [1.82, 2.24) is 5.32 Å². The van der Waals surface area contributed by atoms with Crippen molar-refractivity contribution in [3.05, 3.63) is 34.4 Å². The summed E-state index contributed by atoms with van der Waals surface area (Å²) in [4.78, 5) is 22.8. The molecule has 0 bridgehead atoms. The van der Waals surface area contributed by atoms with Crippen LogP contribution in [0.3, 0.4) is 0 Å². The van der Waals surface area contributed by atoms with E-state index in [4.69, 9.17) is 5.11 Å². The average molecular weight is 305 g/mol. The molecule has 21 heavy (non-hydrogen) atoms. The Kier molecular flexibility index (Phi) is 4.15. The van der Waals surface area contributed by atoms with Crippen LogP contribution in [0, 0.1) is 23.3 Å². The van der Waals surface area contributed by atoms with E-state index in [1.807, 2.05) is 0 Å². The molecule has 2 rings (SSSR count). The van der Waals surface area contributed by atoms with Gasteiger partial charge in [0.05, 0.1) is 5.56 Å². The van der Waals surface area contributed by atoms with Crippen LogP contribution in [-0.4, -0.2) is 23.0 Å². The van der Waals surface area contributed by atoms with Crippen molar-refractivity contribution in [2.75, 3.05) is 0 Å². The second-order valence-corrected chi connectivity index (χ2v) is 4.77. The molecule has 2 N–H and O–H groups in total. The minimum absolute atomic E-state index is 0.324. The smallest absolute Gasteiger partial charge is 0.339 e. The van der Waals surface area contributed by atoms with Crippen molar-refractivity contribution in [3.63, 3.8) is 0 Å². The van der Waals surface area contributed by atoms with E-state index in [2.05, 4.69) is 5.32 Å². The molecule has 114 valence electrons. The Morgan fingerprint density at radius 3 is 1.86 bits per heavy atom. The summed E-state index contributed by atoms with van der Waals surface area (Å²) >= 11 is 0. The second kappa shape index (κ2) is 5.71. The lowest BCUT2D eigenvalue weighted by atomic mass is 10.0. The SMILES string of the molecule is O=C(O)c1c(F)c(F)c(F)c(F)c1C(=O)NC1CCCC1. The molecule has 0 atom stereocenters. The molecule has 0 radical (unpaired) electrons. The number of halogens is 4. The van der Waals surface area contributed by atoms with Crippen LogP contribution in [0.1, 0.15) is 46.4 Å². The molecular weight excluding hydrogens is 294 g/mol. The van der Waals surface area contributed by atoms with E-state index >= 15 is 0 Å². The summed E-state index contributed by atoms with van der Waals surface area (Å²) in [5.41, 5.74) is -2.84. The largest absolute Gasteiger partial charge is 0.478 e. The molecule has 1 saturated carbocycles. The normalized spacial score (nSPS) is 15.2. The van der Waals surface area contributed by atoms with E-state index in [-0.39, 0.29) is 6.04 Å². The van der Waals surface area contributed by atoms with Gasteiger partial charge >= 0.3 is 5.97 Å². The summed E-state index contributed by atoms with van der Waals surface area (Å²) in [6, 6.07) is -0.324. The highest BCUT2D eigenvalue weighted by atomic mass is 19.2. The molecule has 0 heterocycles. The molecule has 1 aromatic rings. The van der Waals surface area contributed by atoms with Crippen LogP contribution in [0.15, 0.2) is 0 Å². The first-order valence-corrected chi connectivity index (χ1v) is 6.24. The fraction of sp³-hybridized carbons (Fsp3) is 0.385. The van der Waals surface area contributed by atoms with Gasteiger partial charge in [0.1, 0.15) is 5.56 Å². The van der Waals surface area contributed by atoms with E-state index in [0.29, 0.717) is 12.8 Å². The van der Waals surface area contributed by atoms with Crippen molar-refractivity contribution in [2.24, 2.45) is 0 Å². The number of carboxylic acid groups (broad SMARTS) is 1. The average Bonchev–Trinajstić information content (AvgIpc) is 2.92. The Hall–Kier alpha value is -2.12. The Balaban J connectivity index is 2.50. The first-order chi connectivity index (χ1) is 9.84. The highest BCUT2D eigenvalue weighted by Crippen LogP contribution is 2.25. The van der Waals surface area contributed by atoms with Crippen molar-refractivity contribution in [3.8, 4) is 0 Å². The zero-order valence-electron chi connectivity index (χ0n) is 10.7. The maximum absolute atomic E-state index is 13.7. The van der Waals surface area contributed by atoms with Gasteiger partial charge in [0, 0.05) is 6.04 Å². The van der Waals surface area contributed by atoms with E-state index in [0.717, 1.165) is 12.8 Å². The lowest BCUT2D eigenvalue weighted by Gasteiger charge is -2.14. The van der Waals surface area contributed by atoms with Crippen molar-refractivity contribution < 1.29 is 32.3 Å². The number of aromatic carboxylic acids is 1. The number of amides is 1. The van der Waals surface area contributed by atoms with Crippen molar-refractivity contribution >= 4 is 11.9 Å². The Labute approximate surface area is 116 Å². The maximum Gasteiger partial charge on any atom is 0.339 e. The van der Waals surface area contributed by atoms with Gasteiger partial charge in [-0.2, -0.15) is 0 Å². The highest BCUT2D eigenvalue weighted by molar-refractivity contribution is 6.05. The van der Waals surface area contributed by atoms with Gasteiger partial charge in [-0.05, 0) is 12.8 Å². The molecule has 1 aromatic carbocycles. The molecular formula is C13H11F4NO3. The van der Waals surface area contributed by atoms with E-state index in [9.17, 15) is 27.2 Å². The highest BCUT2D eigenvalue weighted by Gasteiger charge is 2.33. The Morgan fingerprint density at radius 2 is 1.38 bits per heavy atom. The Morgan fingerprint density at radius 1 is 0.905 bits per heavy atom. The second-order valence-electron chi connectivity index (χ2n) is 4.77. The summed E-state index contributed by atoms with van der Waals surface area (Å²) in [5.74, 6) is -11.9. The lowest BCUT2D eigenvalue weighted by Crippen LogP contribution is -2.35. The van der Waals surface area contributed by atoms with Crippen molar-refractivity contribution in [2.45, 2.75) is 31.7 Å². The van der Waals surface area contributed by atoms with Crippen LogP contribution in [-0.2, 0) is 0 Å². The first kappa shape index (κ1) is 15.3. The first-order valence-electron chi connectivity index (χ1n) is 6.24. The maximum atomic E-state index is 13.7. The molecule has 0 spiro atoms. The quantitative estimate of drug-likeness (QED) is 0.512. The number of hydrogen-bond acceptors (Lipinski definition) is 2. The van der Waals surface area contributed by atoms with E-state index in [1.165, 1.54) is 0 Å². The van der Waals surface area contributed by atoms with Gasteiger partial charge in [-0.25, -0.2) is 22.4 Å². The molecule has 8 heteroatoms. The fourth-order valence-corrected chi connectivity index (χ4v) is 2.37. The number of nitrogens with one attached hydrogen (secondary N) is 1. The van der Waals surface area contributed by atoms with Gasteiger partial charge in [0.15, 0.2) is 23.3 Å². The van der Waals surface area contributed by atoms with Gasteiger partial charge in [-0.3, -0.25) is 4.79 Å². The van der Waals surface area contributed by atoms with Gasteiger partial charge in [0.2, 0.25) is 0 Å². The van der Waals surface area contributed by atoms with Crippen LogP contribution in [0.5, 0.6) is 0 Å². The summed E-state index contributed by atoms with van der Waals surface area (Å²) in [6.45, 7) is 0. The third kappa shape index (κ3) is 2.70. The minimum Gasteiger partial charge on any atom is -0.478 e. The molecule has 1 amide bonds. The zero-order valence-corrected chi connectivity index (χ0v) is 10.7. The summed E-state index contributed by atoms with van der Waals surface area (Å²) in [5, 5.41) is 11.1. The van der Waals surface area contributed by atoms with Crippen LogP contribution >= 0.6 is 0 Å². The molecule has 0 unspecified atom stereocenters. The third-order valence-electron chi connectivity index (χ3n) is 3.40. The number of benzene rings is 1. The van der Waals surface area contributed by atoms with Gasteiger partial charge in [-0.1, -0.05) is 12.8 Å². The minimum atomic E-state index is -2.26. The van der Waals surface area contributed by atoms with Gasteiger partial charge < -0.3 is 10.4 Å². The Bertz CT molecular complexity index is 612. The molecule has 0 aliphatic heterocycles. The van der Waals surface area contributed by atoms with Gasteiger partial charge in [-0.15, -0.1) is 0 Å².